The first-order valence-electron chi connectivity index (χ1n) is 5.88. The average molecular weight is 269 g/mol. The third kappa shape index (κ3) is 2.24. The van der Waals surface area contributed by atoms with Crippen molar-refractivity contribution in [2.75, 3.05) is 11.1 Å². The number of fused-ring (bicyclic) bond motifs is 1. The molecule has 3 rings (SSSR count). The SMILES string of the molecule is Nc1ccc(C(=O)Nc2ccc3[nH]c(=O)[nH]c3n2)cc1. The Kier molecular flexibility index (Phi) is 2.72. The molecule has 20 heavy (non-hydrogen) atoms. The van der Waals surface area contributed by atoms with Gasteiger partial charge in [0.1, 0.15) is 5.82 Å². The van der Waals surface area contributed by atoms with Crippen molar-refractivity contribution >= 4 is 28.6 Å². The first kappa shape index (κ1) is 12.0. The van der Waals surface area contributed by atoms with Gasteiger partial charge in [0, 0.05) is 11.3 Å². The summed E-state index contributed by atoms with van der Waals surface area (Å²) in [4.78, 5) is 32.4. The number of aromatic nitrogens is 3. The fourth-order valence-electron chi connectivity index (χ4n) is 1.81. The number of anilines is 2. The van der Waals surface area contributed by atoms with E-state index in [0.717, 1.165) is 0 Å². The summed E-state index contributed by atoms with van der Waals surface area (Å²) in [6.07, 6.45) is 0. The van der Waals surface area contributed by atoms with Crippen LogP contribution in [-0.4, -0.2) is 20.9 Å². The molecule has 0 atom stereocenters. The number of hydrogen-bond acceptors (Lipinski definition) is 4. The minimum Gasteiger partial charge on any atom is -0.399 e. The number of aromatic amines is 2. The van der Waals surface area contributed by atoms with Crippen molar-refractivity contribution in [2.24, 2.45) is 0 Å². The van der Waals surface area contributed by atoms with Gasteiger partial charge in [0.25, 0.3) is 5.91 Å². The van der Waals surface area contributed by atoms with Crippen LogP contribution < -0.4 is 16.7 Å². The molecule has 0 unspecified atom stereocenters. The minimum absolute atomic E-state index is 0.297. The lowest BCUT2D eigenvalue weighted by atomic mass is 10.2. The zero-order chi connectivity index (χ0) is 14.1. The van der Waals surface area contributed by atoms with Crippen LogP contribution in [0.1, 0.15) is 10.4 Å². The molecule has 0 saturated heterocycles. The van der Waals surface area contributed by atoms with Crippen molar-refractivity contribution in [3.8, 4) is 0 Å². The average Bonchev–Trinajstić information content (AvgIpc) is 2.78. The molecule has 100 valence electrons. The Morgan fingerprint density at radius 3 is 2.60 bits per heavy atom. The molecule has 0 saturated carbocycles. The van der Waals surface area contributed by atoms with Gasteiger partial charge >= 0.3 is 5.69 Å². The van der Waals surface area contributed by atoms with Crippen LogP contribution >= 0.6 is 0 Å². The number of amides is 1. The van der Waals surface area contributed by atoms with E-state index < -0.39 is 0 Å². The number of carbonyl (C=O) groups is 1. The Labute approximate surface area is 112 Å². The first-order chi connectivity index (χ1) is 9.61. The highest BCUT2D eigenvalue weighted by atomic mass is 16.2. The summed E-state index contributed by atoms with van der Waals surface area (Å²) >= 11 is 0. The van der Waals surface area contributed by atoms with Gasteiger partial charge in [-0.1, -0.05) is 0 Å². The molecule has 0 aliphatic carbocycles. The van der Waals surface area contributed by atoms with Gasteiger partial charge in [-0.15, -0.1) is 0 Å². The molecular weight excluding hydrogens is 258 g/mol. The Morgan fingerprint density at radius 1 is 1.10 bits per heavy atom. The first-order valence-corrected chi connectivity index (χ1v) is 5.88. The van der Waals surface area contributed by atoms with Crippen LogP contribution in [0.4, 0.5) is 11.5 Å². The van der Waals surface area contributed by atoms with Crippen molar-refractivity contribution in [1.82, 2.24) is 15.0 Å². The summed E-state index contributed by atoms with van der Waals surface area (Å²) < 4.78 is 0. The Hall–Kier alpha value is -3.09. The molecule has 1 amide bonds. The highest BCUT2D eigenvalue weighted by Crippen LogP contribution is 2.12. The predicted molar refractivity (Wildman–Crippen MR) is 75.5 cm³/mol. The molecule has 0 spiro atoms. The molecule has 7 nitrogen and oxygen atoms in total. The molecule has 0 aliphatic heterocycles. The number of hydrogen-bond donors (Lipinski definition) is 4. The monoisotopic (exact) mass is 269 g/mol. The van der Waals surface area contributed by atoms with E-state index in [1.54, 1.807) is 36.4 Å². The number of carbonyl (C=O) groups excluding carboxylic acids is 1. The largest absolute Gasteiger partial charge is 0.399 e. The van der Waals surface area contributed by atoms with Crippen LogP contribution in [0.15, 0.2) is 41.2 Å². The second kappa shape index (κ2) is 4.54. The lowest BCUT2D eigenvalue weighted by Gasteiger charge is -2.04. The minimum atomic E-state index is -0.338. The highest BCUT2D eigenvalue weighted by molar-refractivity contribution is 6.04. The quantitative estimate of drug-likeness (QED) is 0.521. The molecule has 1 aromatic carbocycles. The third-order valence-corrected chi connectivity index (χ3v) is 2.79. The van der Waals surface area contributed by atoms with Crippen LogP contribution in [0.5, 0.6) is 0 Å². The summed E-state index contributed by atoms with van der Waals surface area (Å²) in [7, 11) is 0. The topological polar surface area (TPSA) is 117 Å². The van der Waals surface area contributed by atoms with E-state index in [-0.39, 0.29) is 11.6 Å². The number of imidazole rings is 1. The van der Waals surface area contributed by atoms with E-state index in [4.69, 9.17) is 5.73 Å². The van der Waals surface area contributed by atoms with Crippen molar-refractivity contribution < 1.29 is 4.79 Å². The van der Waals surface area contributed by atoms with Crippen molar-refractivity contribution in [3.63, 3.8) is 0 Å². The molecule has 7 heteroatoms. The molecule has 0 radical (unpaired) electrons. The van der Waals surface area contributed by atoms with Crippen LogP contribution in [0.3, 0.4) is 0 Å². The second-order valence-electron chi connectivity index (χ2n) is 4.25. The summed E-state index contributed by atoms with van der Waals surface area (Å²) in [5.74, 6) is 0.0595. The van der Waals surface area contributed by atoms with E-state index in [0.29, 0.717) is 28.2 Å². The molecule has 0 bridgehead atoms. The Morgan fingerprint density at radius 2 is 1.85 bits per heavy atom. The van der Waals surface area contributed by atoms with E-state index in [2.05, 4.69) is 20.3 Å². The number of nitrogens with one attached hydrogen (secondary N) is 3. The smallest absolute Gasteiger partial charge is 0.325 e. The fourth-order valence-corrected chi connectivity index (χ4v) is 1.81. The van der Waals surface area contributed by atoms with E-state index in [1.807, 2.05) is 0 Å². The maximum absolute atomic E-state index is 12.0. The van der Waals surface area contributed by atoms with Crippen LogP contribution in [0, 0.1) is 0 Å². The number of nitrogens with zero attached hydrogens (tertiary/aromatic N) is 1. The van der Waals surface area contributed by atoms with Crippen LogP contribution in [-0.2, 0) is 0 Å². The summed E-state index contributed by atoms with van der Waals surface area (Å²) in [5, 5.41) is 2.65. The summed E-state index contributed by atoms with van der Waals surface area (Å²) in [6.45, 7) is 0. The van der Waals surface area contributed by atoms with Gasteiger partial charge in [-0.2, -0.15) is 0 Å². The van der Waals surface area contributed by atoms with Gasteiger partial charge in [-0.3, -0.25) is 9.78 Å². The third-order valence-electron chi connectivity index (χ3n) is 2.79. The van der Waals surface area contributed by atoms with Crippen molar-refractivity contribution in [2.45, 2.75) is 0 Å². The van der Waals surface area contributed by atoms with Crippen molar-refractivity contribution in [3.05, 3.63) is 52.4 Å². The maximum atomic E-state index is 12.0. The molecule has 3 aromatic rings. The normalized spacial score (nSPS) is 10.6. The molecule has 2 aromatic heterocycles. The summed E-state index contributed by atoms with van der Waals surface area (Å²) in [5.41, 5.74) is 7.27. The van der Waals surface area contributed by atoms with Gasteiger partial charge in [-0.05, 0) is 36.4 Å². The van der Waals surface area contributed by atoms with Crippen LogP contribution in [0.2, 0.25) is 0 Å². The number of nitrogen functional groups attached to an aromatic ring is 1. The predicted octanol–water partition coefficient (Wildman–Crippen LogP) is 1.09. The van der Waals surface area contributed by atoms with E-state index >= 15 is 0 Å². The zero-order valence-electron chi connectivity index (χ0n) is 10.3. The number of H-pyrrole nitrogens is 2. The maximum Gasteiger partial charge on any atom is 0.325 e. The van der Waals surface area contributed by atoms with Gasteiger partial charge in [0.05, 0.1) is 5.52 Å². The summed E-state index contributed by atoms with van der Waals surface area (Å²) in [6, 6.07) is 9.83. The molecule has 5 N–H and O–H groups in total. The zero-order valence-corrected chi connectivity index (χ0v) is 10.3. The standard InChI is InChI=1S/C13H11N5O2/c14-8-3-1-7(2-4-8)12(19)17-10-6-5-9-11(16-10)18-13(20)15-9/h1-6H,14H2,(H3,15,16,17,18,19,20). The molecular formula is C13H11N5O2. The Balaban J connectivity index is 1.86. The van der Waals surface area contributed by atoms with E-state index in [9.17, 15) is 9.59 Å². The molecule has 2 heterocycles. The van der Waals surface area contributed by atoms with Gasteiger partial charge in [0.15, 0.2) is 5.65 Å². The number of pyridine rings is 1. The van der Waals surface area contributed by atoms with Crippen molar-refractivity contribution in [1.29, 1.82) is 0 Å². The fraction of sp³-hybridized carbons (Fsp3) is 0. The van der Waals surface area contributed by atoms with Crippen LogP contribution in [0.25, 0.3) is 11.2 Å². The Bertz CT molecular complexity index is 832. The number of benzene rings is 1. The number of rotatable bonds is 2. The lowest BCUT2D eigenvalue weighted by Crippen LogP contribution is -2.12. The van der Waals surface area contributed by atoms with Gasteiger partial charge in [0.2, 0.25) is 0 Å². The second-order valence-corrected chi connectivity index (χ2v) is 4.25. The molecule has 0 aliphatic rings. The molecule has 0 fully saturated rings. The lowest BCUT2D eigenvalue weighted by molar-refractivity contribution is 0.102. The van der Waals surface area contributed by atoms with Gasteiger partial charge < -0.3 is 16.0 Å². The number of nitrogens with two attached hydrogens (primary N) is 1. The van der Waals surface area contributed by atoms with Gasteiger partial charge in [-0.25, -0.2) is 9.78 Å². The highest BCUT2D eigenvalue weighted by Gasteiger charge is 2.08. The van der Waals surface area contributed by atoms with E-state index in [1.165, 1.54) is 0 Å².